The van der Waals surface area contributed by atoms with Crippen LogP contribution in [0.15, 0.2) is 18.3 Å². The molecule has 7 heteroatoms. The van der Waals surface area contributed by atoms with E-state index in [9.17, 15) is 14.4 Å². The van der Waals surface area contributed by atoms with Crippen molar-refractivity contribution in [1.29, 1.82) is 0 Å². The minimum Gasteiger partial charge on any atom is -0.335 e. The Morgan fingerprint density at radius 3 is 2.73 bits per heavy atom. The third-order valence-corrected chi connectivity index (χ3v) is 4.99. The maximum atomic E-state index is 12.8. The lowest BCUT2D eigenvalue weighted by molar-refractivity contribution is -0.156. The van der Waals surface area contributed by atoms with Crippen molar-refractivity contribution in [2.45, 2.75) is 33.2 Å². The molecule has 7 nitrogen and oxygen atoms in total. The van der Waals surface area contributed by atoms with E-state index in [-0.39, 0.29) is 24.3 Å². The lowest BCUT2D eigenvalue weighted by Gasteiger charge is -2.39. The quantitative estimate of drug-likeness (QED) is 0.806. The maximum absolute atomic E-state index is 12.8. The van der Waals surface area contributed by atoms with Crippen molar-refractivity contribution in [2.24, 2.45) is 5.92 Å². The van der Waals surface area contributed by atoms with E-state index in [1.165, 1.54) is 0 Å². The summed E-state index contributed by atoms with van der Waals surface area (Å²) >= 11 is 0. The molecule has 0 radical (unpaired) electrons. The number of nitrogens with zero attached hydrogens (tertiary/aromatic N) is 4. The number of rotatable bonds is 3. The fourth-order valence-electron chi connectivity index (χ4n) is 3.69. The van der Waals surface area contributed by atoms with Gasteiger partial charge in [0.2, 0.25) is 11.8 Å². The number of hydrogen-bond acceptors (Lipinski definition) is 4. The molecule has 0 spiro atoms. The summed E-state index contributed by atoms with van der Waals surface area (Å²) in [5.41, 5.74) is 1.26. The summed E-state index contributed by atoms with van der Waals surface area (Å²) in [6, 6.07) is 3.20. The molecule has 2 aliphatic rings. The van der Waals surface area contributed by atoms with Crippen molar-refractivity contribution in [1.82, 2.24) is 19.7 Å². The van der Waals surface area contributed by atoms with Gasteiger partial charge in [-0.05, 0) is 30.9 Å². The molecule has 1 aromatic rings. The summed E-state index contributed by atoms with van der Waals surface area (Å²) in [5, 5.41) is 0. The molecule has 1 aromatic heterocycles. The molecule has 3 amide bonds. The summed E-state index contributed by atoms with van der Waals surface area (Å²) in [4.78, 5) is 47.4. The van der Waals surface area contributed by atoms with Crippen molar-refractivity contribution in [3.63, 3.8) is 0 Å². The molecule has 2 fully saturated rings. The second-order valence-corrected chi connectivity index (χ2v) is 7.47. The molecular weight excluding hydrogens is 332 g/mol. The zero-order chi connectivity index (χ0) is 18.8. The number of pyridine rings is 1. The Labute approximate surface area is 154 Å². The van der Waals surface area contributed by atoms with Crippen LogP contribution in [-0.2, 0) is 9.59 Å². The van der Waals surface area contributed by atoms with Crippen LogP contribution in [0.25, 0.3) is 0 Å². The van der Waals surface area contributed by atoms with Crippen molar-refractivity contribution in [2.75, 3.05) is 32.7 Å². The number of aromatic nitrogens is 1. The molecule has 140 valence electrons. The molecule has 26 heavy (non-hydrogen) atoms. The minimum atomic E-state index is -0.461. The Morgan fingerprint density at radius 2 is 2.04 bits per heavy atom. The zero-order valence-corrected chi connectivity index (χ0v) is 15.6. The minimum absolute atomic E-state index is 0.00150. The second kappa shape index (κ2) is 7.43. The number of carbonyl (C=O) groups is 3. The van der Waals surface area contributed by atoms with E-state index in [0.717, 1.165) is 5.56 Å². The molecule has 0 saturated carbocycles. The van der Waals surface area contributed by atoms with Crippen molar-refractivity contribution >= 4 is 17.7 Å². The molecule has 0 aliphatic carbocycles. The molecule has 3 rings (SSSR count). The van der Waals surface area contributed by atoms with E-state index in [0.29, 0.717) is 44.2 Å². The van der Waals surface area contributed by atoms with Gasteiger partial charge >= 0.3 is 0 Å². The summed E-state index contributed by atoms with van der Waals surface area (Å²) in [5.74, 6) is 0.149. The van der Waals surface area contributed by atoms with Gasteiger partial charge in [-0.3, -0.25) is 19.4 Å². The normalized spacial score (nSPS) is 21.1. The Kier molecular flexibility index (Phi) is 5.25. The molecule has 2 saturated heterocycles. The molecular formula is C19H26N4O3. The highest BCUT2D eigenvalue weighted by molar-refractivity contribution is 5.96. The van der Waals surface area contributed by atoms with Crippen molar-refractivity contribution in [3.05, 3.63) is 29.6 Å². The van der Waals surface area contributed by atoms with Gasteiger partial charge in [0.05, 0.1) is 6.54 Å². The van der Waals surface area contributed by atoms with Gasteiger partial charge in [-0.15, -0.1) is 0 Å². The van der Waals surface area contributed by atoms with Crippen LogP contribution in [0, 0.1) is 12.8 Å². The van der Waals surface area contributed by atoms with Crippen molar-refractivity contribution in [3.8, 4) is 0 Å². The SMILES string of the molecule is Cc1cccnc1C(=O)N1CCC2C(=O)N(CC(C)C)CC(=O)N2CC1. The third kappa shape index (κ3) is 3.57. The standard InChI is InChI=1S/C19H26N4O3/c1-13(2)11-22-12-16(24)23-10-9-21(8-6-15(23)18(22)25)19(26)17-14(3)5-4-7-20-17/h4-5,7,13,15H,6,8-12H2,1-3H3. The predicted octanol–water partition coefficient (Wildman–Crippen LogP) is 0.931. The number of piperazine rings is 1. The number of aryl methyl sites for hydroxylation is 1. The molecule has 1 atom stereocenters. The average molecular weight is 358 g/mol. The first kappa shape index (κ1) is 18.4. The van der Waals surface area contributed by atoms with Gasteiger partial charge in [-0.2, -0.15) is 0 Å². The van der Waals surface area contributed by atoms with E-state index in [2.05, 4.69) is 4.98 Å². The first-order valence-corrected chi connectivity index (χ1v) is 9.17. The lowest BCUT2D eigenvalue weighted by atomic mass is 10.1. The molecule has 1 unspecified atom stereocenters. The molecule has 2 aliphatic heterocycles. The maximum Gasteiger partial charge on any atom is 0.272 e. The van der Waals surface area contributed by atoms with Gasteiger partial charge in [0.15, 0.2) is 0 Å². The number of carbonyl (C=O) groups excluding carboxylic acids is 3. The van der Waals surface area contributed by atoms with Crippen LogP contribution < -0.4 is 0 Å². The monoisotopic (exact) mass is 358 g/mol. The van der Waals surface area contributed by atoms with Crippen LogP contribution in [0.5, 0.6) is 0 Å². The highest BCUT2D eigenvalue weighted by Crippen LogP contribution is 2.21. The molecule has 0 bridgehead atoms. The third-order valence-electron chi connectivity index (χ3n) is 4.99. The molecule has 0 aromatic carbocycles. The van der Waals surface area contributed by atoms with Crippen LogP contribution >= 0.6 is 0 Å². The van der Waals surface area contributed by atoms with E-state index >= 15 is 0 Å². The number of hydrogen-bond donors (Lipinski definition) is 0. The summed E-state index contributed by atoms with van der Waals surface area (Å²) < 4.78 is 0. The number of amides is 3. The van der Waals surface area contributed by atoms with Crippen LogP contribution in [0.4, 0.5) is 0 Å². The van der Waals surface area contributed by atoms with Gasteiger partial charge < -0.3 is 14.7 Å². The van der Waals surface area contributed by atoms with E-state index < -0.39 is 6.04 Å². The largest absolute Gasteiger partial charge is 0.335 e. The average Bonchev–Trinajstić information content (AvgIpc) is 2.82. The topological polar surface area (TPSA) is 73.8 Å². The first-order chi connectivity index (χ1) is 12.4. The first-order valence-electron chi connectivity index (χ1n) is 9.17. The van der Waals surface area contributed by atoms with Crippen molar-refractivity contribution < 1.29 is 14.4 Å². The van der Waals surface area contributed by atoms with Crippen LogP contribution in [0.1, 0.15) is 36.3 Å². The lowest BCUT2D eigenvalue weighted by Crippen LogP contribution is -2.60. The highest BCUT2D eigenvalue weighted by atomic mass is 16.2. The predicted molar refractivity (Wildman–Crippen MR) is 96.4 cm³/mol. The van der Waals surface area contributed by atoms with Gasteiger partial charge in [0, 0.05) is 32.4 Å². The fourth-order valence-corrected chi connectivity index (χ4v) is 3.69. The van der Waals surface area contributed by atoms with E-state index in [4.69, 9.17) is 0 Å². The van der Waals surface area contributed by atoms with Crippen LogP contribution in [-0.4, -0.2) is 76.2 Å². The summed E-state index contributed by atoms with van der Waals surface area (Å²) in [7, 11) is 0. The van der Waals surface area contributed by atoms with Crippen LogP contribution in [0.3, 0.4) is 0 Å². The summed E-state index contributed by atoms with van der Waals surface area (Å²) in [6.45, 7) is 7.92. The van der Waals surface area contributed by atoms with Gasteiger partial charge in [-0.25, -0.2) is 0 Å². The number of fused-ring (bicyclic) bond motifs is 1. The fraction of sp³-hybridized carbons (Fsp3) is 0.579. The van der Waals surface area contributed by atoms with Crippen LogP contribution in [0.2, 0.25) is 0 Å². The van der Waals surface area contributed by atoms with Gasteiger partial charge in [0.25, 0.3) is 5.91 Å². The Balaban J connectivity index is 1.75. The van der Waals surface area contributed by atoms with E-state index in [1.807, 2.05) is 26.8 Å². The van der Waals surface area contributed by atoms with E-state index in [1.54, 1.807) is 27.0 Å². The Bertz CT molecular complexity index is 718. The molecule has 3 heterocycles. The Hall–Kier alpha value is -2.44. The van der Waals surface area contributed by atoms with Gasteiger partial charge in [-0.1, -0.05) is 19.9 Å². The second-order valence-electron chi connectivity index (χ2n) is 7.47. The zero-order valence-electron chi connectivity index (χ0n) is 15.6. The van der Waals surface area contributed by atoms with Gasteiger partial charge in [0.1, 0.15) is 11.7 Å². The molecule has 0 N–H and O–H groups in total. The Morgan fingerprint density at radius 1 is 1.27 bits per heavy atom. The highest BCUT2D eigenvalue weighted by Gasteiger charge is 2.41. The smallest absolute Gasteiger partial charge is 0.272 e. The summed E-state index contributed by atoms with van der Waals surface area (Å²) in [6.07, 6.45) is 2.08.